The molecule has 6 heteroatoms. The monoisotopic (exact) mass is 251 g/mol. The van der Waals surface area contributed by atoms with Gasteiger partial charge in [-0.1, -0.05) is 0 Å². The molecule has 0 aliphatic carbocycles. The Morgan fingerprint density at radius 3 is 3.06 bits per heavy atom. The number of aryl methyl sites for hydroxylation is 1. The van der Waals surface area contributed by atoms with Crippen LogP contribution in [0.15, 0.2) is 17.6 Å². The van der Waals surface area contributed by atoms with Crippen molar-refractivity contribution in [1.82, 2.24) is 14.8 Å². The van der Waals surface area contributed by atoms with Gasteiger partial charge in [-0.25, -0.2) is 4.98 Å². The van der Waals surface area contributed by atoms with Crippen LogP contribution < -0.4 is 0 Å². The highest BCUT2D eigenvalue weighted by Gasteiger charge is 2.10. The molecule has 0 bridgehead atoms. The van der Waals surface area contributed by atoms with Crippen molar-refractivity contribution in [2.75, 3.05) is 6.61 Å². The van der Waals surface area contributed by atoms with Crippen LogP contribution in [-0.2, 0) is 23.0 Å². The fourth-order valence-electron chi connectivity index (χ4n) is 1.39. The number of hydrogen-bond donors (Lipinski definition) is 0. The Kier molecular flexibility index (Phi) is 3.53. The second-order valence-electron chi connectivity index (χ2n) is 3.50. The van der Waals surface area contributed by atoms with E-state index in [4.69, 9.17) is 4.74 Å². The van der Waals surface area contributed by atoms with E-state index in [1.807, 2.05) is 24.7 Å². The third-order valence-corrected chi connectivity index (χ3v) is 3.03. The number of carbonyl (C=O) groups excluding carboxylic acids is 1. The van der Waals surface area contributed by atoms with Crippen molar-refractivity contribution in [1.29, 1.82) is 0 Å². The second kappa shape index (κ2) is 5.09. The molecule has 0 aliphatic heterocycles. The van der Waals surface area contributed by atoms with Crippen molar-refractivity contribution in [3.8, 4) is 10.7 Å². The molecule has 0 saturated carbocycles. The minimum atomic E-state index is -0.245. The lowest BCUT2D eigenvalue weighted by Crippen LogP contribution is -2.07. The Labute approximate surface area is 103 Å². The molecule has 0 radical (unpaired) electrons. The van der Waals surface area contributed by atoms with E-state index in [1.165, 1.54) is 11.3 Å². The molecular formula is C11H13N3O2S. The minimum absolute atomic E-state index is 0.219. The van der Waals surface area contributed by atoms with Gasteiger partial charge < -0.3 is 4.74 Å². The van der Waals surface area contributed by atoms with Crippen LogP contribution in [0.25, 0.3) is 10.7 Å². The first-order chi connectivity index (χ1) is 8.19. The largest absolute Gasteiger partial charge is 0.466 e. The highest BCUT2D eigenvalue weighted by Crippen LogP contribution is 2.21. The van der Waals surface area contributed by atoms with Crippen LogP contribution in [0, 0.1) is 0 Å². The first-order valence-corrected chi connectivity index (χ1v) is 6.17. The molecule has 2 aromatic heterocycles. The number of aromatic nitrogens is 3. The summed E-state index contributed by atoms with van der Waals surface area (Å²) in [7, 11) is 1.86. The molecule has 0 N–H and O–H groups in total. The van der Waals surface area contributed by atoms with E-state index in [1.54, 1.807) is 11.6 Å². The molecule has 2 heterocycles. The highest BCUT2D eigenvalue weighted by molar-refractivity contribution is 7.13. The normalized spacial score (nSPS) is 10.5. The molecule has 2 rings (SSSR count). The van der Waals surface area contributed by atoms with Crippen molar-refractivity contribution in [3.63, 3.8) is 0 Å². The maximum Gasteiger partial charge on any atom is 0.311 e. The van der Waals surface area contributed by atoms with Gasteiger partial charge in [0.15, 0.2) is 0 Å². The van der Waals surface area contributed by atoms with E-state index in [9.17, 15) is 4.79 Å². The summed E-state index contributed by atoms with van der Waals surface area (Å²) in [6, 6.07) is 1.90. The summed E-state index contributed by atoms with van der Waals surface area (Å²) in [5.41, 5.74) is 1.56. The molecule has 0 saturated heterocycles. The summed E-state index contributed by atoms with van der Waals surface area (Å²) in [5, 5.41) is 6.94. The van der Waals surface area contributed by atoms with E-state index in [0.717, 1.165) is 16.4 Å². The SMILES string of the molecule is CCOC(=O)Cc1csc(-c2ccn(C)n2)n1. The number of hydrogen-bond acceptors (Lipinski definition) is 5. The zero-order valence-corrected chi connectivity index (χ0v) is 10.5. The van der Waals surface area contributed by atoms with Gasteiger partial charge in [-0.05, 0) is 13.0 Å². The Morgan fingerprint density at radius 1 is 1.59 bits per heavy atom. The maximum atomic E-state index is 11.3. The molecule has 0 spiro atoms. The molecule has 5 nitrogen and oxygen atoms in total. The molecule has 0 aliphatic rings. The lowest BCUT2D eigenvalue weighted by atomic mass is 10.3. The summed E-state index contributed by atoms with van der Waals surface area (Å²) >= 11 is 1.48. The number of ether oxygens (including phenoxy) is 1. The van der Waals surface area contributed by atoms with Crippen molar-refractivity contribution in [2.45, 2.75) is 13.3 Å². The Balaban J connectivity index is 2.08. The van der Waals surface area contributed by atoms with Gasteiger partial charge in [-0.15, -0.1) is 11.3 Å². The van der Waals surface area contributed by atoms with Crippen LogP contribution in [0.4, 0.5) is 0 Å². The summed E-state index contributed by atoms with van der Waals surface area (Å²) in [5.74, 6) is -0.245. The Bertz CT molecular complexity index is 518. The Hall–Kier alpha value is -1.69. The number of carbonyl (C=O) groups is 1. The summed E-state index contributed by atoms with van der Waals surface area (Å²) in [6.45, 7) is 2.19. The zero-order valence-electron chi connectivity index (χ0n) is 9.71. The quantitative estimate of drug-likeness (QED) is 0.775. The van der Waals surface area contributed by atoms with Gasteiger partial charge in [-0.2, -0.15) is 5.10 Å². The van der Waals surface area contributed by atoms with Gasteiger partial charge in [-0.3, -0.25) is 9.48 Å². The van der Waals surface area contributed by atoms with Crippen molar-refractivity contribution >= 4 is 17.3 Å². The number of thiazole rings is 1. The number of rotatable bonds is 4. The number of nitrogens with zero attached hydrogens (tertiary/aromatic N) is 3. The molecule has 2 aromatic rings. The first kappa shape index (κ1) is 11.8. The van der Waals surface area contributed by atoms with Gasteiger partial charge in [0.1, 0.15) is 10.7 Å². The average Bonchev–Trinajstić information content (AvgIpc) is 2.87. The standard InChI is InChI=1S/C11H13N3O2S/c1-3-16-10(15)6-8-7-17-11(12-8)9-4-5-14(2)13-9/h4-5,7H,3,6H2,1-2H3. The maximum absolute atomic E-state index is 11.3. The third kappa shape index (κ3) is 2.91. The molecule has 0 amide bonds. The lowest BCUT2D eigenvalue weighted by molar-refractivity contribution is -0.142. The summed E-state index contributed by atoms with van der Waals surface area (Å²) in [4.78, 5) is 15.6. The van der Waals surface area contributed by atoms with Gasteiger partial charge in [0, 0.05) is 18.6 Å². The predicted octanol–water partition coefficient (Wildman–Crippen LogP) is 1.65. The van der Waals surface area contributed by atoms with Gasteiger partial charge >= 0.3 is 5.97 Å². The molecule has 0 aromatic carbocycles. The fraction of sp³-hybridized carbons (Fsp3) is 0.364. The van der Waals surface area contributed by atoms with Crippen molar-refractivity contribution < 1.29 is 9.53 Å². The van der Waals surface area contributed by atoms with Crippen LogP contribution in [0.2, 0.25) is 0 Å². The molecule has 17 heavy (non-hydrogen) atoms. The number of esters is 1. The third-order valence-electron chi connectivity index (χ3n) is 2.12. The van der Waals surface area contributed by atoms with E-state index in [2.05, 4.69) is 10.1 Å². The topological polar surface area (TPSA) is 57.0 Å². The van der Waals surface area contributed by atoms with Crippen molar-refractivity contribution in [2.24, 2.45) is 7.05 Å². The second-order valence-corrected chi connectivity index (χ2v) is 4.36. The van der Waals surface area contributed by atoms with E-state index in [-0.39, 0.29) is 12.4 Å². The fourth-order valence-corrected chi connectivity index (χ4v) is 2.18. The zero-order chi connectivity index (χ0) is 12.3. The average molecular weight is 251 g/mol. The highest BCUT2D eigenvalue weighted by atomic mass is 32.1. The van der Waals surface area contributed by atoms with Gasteiger partial charge in [0.2, 0.25) is 0 Å². The van der Waals surface area contributed by atoms with E-state index < -0.39 is 0 Å². The molecule has 0 unspecified atom stereocenters. The lowest BCUT2D eigenvalue weighted by Gasteiger charge is -1.97. The predicted molar refractivity (Wildman–Crippen MR) is 64.7 cm³/mol. The molecular weight excluding hydrogens is 238 g/mol. The van der Waals surface area contributed by atoms with Crippen molar-refractivity contribution in [3.05, 3.63) is 23.3 Å². The Morgan fingerprint density at radius 2 is 2.41 bits per heavy atom. The van der Waals surface area contributed by atoms with Crippen LogP contribution in [0.3, 0.4) is 0 Å². The smallest absolute Gasteiger partial charge is 0.311 e. The van der Waals surface area contributed by atoms with Crippen LogP contribution >= 0.6 is 11.3 Å². The molecule has 0 atom stereocenters. The van der Waals surface area contributed by atoms with Gasteiger partial charge in [0.25, 0.3) is 0 Å². The van der Waals surface area contributed by atoms with Crippen LogP contribution in [0.1, 0.15) is 12.6 Å². The minimum Gasteiger partial charge on any atom is -0.466 e. The summed E-state index contributed by atoms with van der Waals surface area (Å²) in [6.07, 6.45) is 2.08. The molecule has 0 fully saturated rings. The van der Waals surface area contributed by atoms with E-state index >= 15 is 0 Å². The summed E-state index contributed by atoms with van der Waals surface area (Å²) < 4.78 is 6.59. The van der Waals surface area contributed by atoms with Gasteiger partial charge in [0.05, 0.1) is 18.7 Å². The van der Waals surface area contributed by atoms with Crippen LogP contribution in [-0.4, -0.2) is 27.3 Å². The first-order valence-electron chi connectivity index (χ1n) is 5.29. The van der Waals surface area contributed by atoms with E-state index in [0.29, 0.717) is 6.61 Å². The molecule has 90 valence electrons. The van der Waals surface area contributed by atoms with Crippen LogP contribution in [0.5, 0.6) is 0 Å².